The van der Waals surface area contributed by atoms with E-state index in [2.05, 4.69) is 15.1 Å². The lowest BCUT2D eigenvalue weighted by Gasteiger charge is -2.18. The van der Waals surface area contributed by atoms with Gasteiger partial charge in [-0.25, -0.2) is 9.69 Å². The van der Waals surface area contributed by atoms with E-state index < -0.39 is 6.03 Å². The van der Waals surface area contributed by atoms with Crippen molar-refractivity contribution < 1.29 is 19.1 Å². The van der Waals surface area contributed by atoms with Gasteiger partial charge in [0.05, 0.1) is 39.2 Å². The molecule has 0 aromatic carbocycles. The number of urea groups is 1. The van der Waals surface area contributed by atoms with Crippen molar-refractivity contribution in [3.05, 3.63) is 41.6 Å². The summed E-state index contributed by atoms with van der Waals surface area (Å²) in [6, 6.07) is 1.24. The van der Waals surface area contributed by atoms with E-state index in [1.54, 1.807) is 23.1 Å². The summed E-state index contributed by atoms with van der Waals surface area (Å²) in [5.41, 5.74) is 4.01. The zero-order valence-corrected chi connectivity index (χ0v) is 17.2. The maximum atomic E-state index is 12.9. The van der Waals surface area contributed by atoms with Gasteiger partial charge in [0.25, 0.3) is 5.91 Å². The fourth-order valence-corrected chi connectivity index (χ4v) is 3.61. The standard InChI is InChI=1S/C20H22N6O4/c1-12-15(13(2)23-12)9-25-8-14(7-22-25)26-18(27)11-24(20(26)28)10-16-19(30-4)17(29-3)5-6-21-16/h5-8H,9-11H2,1-4H3. The fourth-order valence-electron chi connectivity index (χ4n) is 3.61. The summed E-state index contributed by atoms with van der Waals surface area (Å²) in [4.78, 5) is 36.7. The summed E-state index contributed by atoms with van der Waals surface area (Å²) in [5, 5.41) is 4.29. The van der Waals surface area contributed by atoms with Crippen LogP contribution in [0.5, 0.6) is 11.5 Å². The number of imide groups is 1. The van der Waals surface area contributed by atoms with Gasteiger partial charge in [0.2, 0.25) is 0 Å². The Bertz CT molecular complexity index is 1090. The summed E-state index contributed by atoms with van der Waals surface area (Å²) >= 11 is 0. The molecule has 2 aliphatic rings. The number of carbonyl (C=O) groups is 2. The summed E-state index contributed by atoms with van der Waals surface area (Å²) in [6.45, 7) is 4.50. The van der Waals surface area contributed by atoms with Crippen molar-refractivity contribution in [2.45, 2.75) is 26.9 Å². The molecule has 3 amide bonds. The van der Waals surface area contributed by atoms with Crippen molar-refractivity contribution >= 4 is 23.3 Å². The number of allylic oxidation sites excluding steroid dienone is 2. The Morgan fingerprint density at radius 3 is 2.60 bits per heavy atom. The molecule has 10 nitrogen and oxygen atoms in total. The largest absolute Gasteiger partial charge is 0.493 e. The molecule has 10 heteroatoms. The van der Waals surface area contributed by atoms with Crippen LogP contribution in [0.1, 0.15) is 19.5 Å². The molecule has 2 aliphatic heterocycles. The number of amides is 3. The zero-order valence-electron chi connectivity index (χ0n) is 17.2. The van der Waals surface area contributed by atoms with Crippen molar-refractivity contribution in [2.24, 2.45) is 4.99 Å². The van der Waals surface area contributed by atoms with E-state index >= 15 is 0 Å². The number of aromatic nitrogens is 3. The van der Waals surface area contributed by atoms with Crippen molar-refractivity contribution in [1.82, 2.24) is 19.7 Å². The van der Waals surface area contributed by atoms with Crippen LogP contribution in [-0.4, -0.2) is 58.1 Å². The molecule has 2 aromatic heterocycles. The number of nitrogens with zero attached hydrogens (tertiary/aromatic N) is 6. The first-order chi connectivity index (χ1) is 14.4. The van der Waals surface area contributed by atoms with Gasteiger partial charge in [0.15, 0.2) is 11.5 Å². The minimum absolute atomic E-state index is 0.0535. The number of pyridine rings is 1. The molecule has 2 aromatic rings. The van der Waals surface area contributed by atoms with Crippen molar-refractivity contribution in [1.29, 1.82) is 0 Å². The number of rotatable bonds is 7. The topological polar surface area (TPSA) is 102 Å². The number of methoxy groups -OCH3 is 2. The van der Waals surface area contributed by atoms with E-state index in [9.17, 15) is 9.59 Å². The second kappa shape index (κ2) is 7.62. The predicted octanol–water partition coefficient (Wildman–Crippen LogP) is 2.01. The van der Waals surface area contributed by atoms with Crippen LogP contribution in [0.25, 0.3) is 0 Å². The van der Waals surface area contributed by atoms with Gasteiger partial charge in [-0.05, 0) is 13.8 Å². The number of hydrogen-bond acceptors (Lipinski definition) is 7. The number of carbonyl (C=O) groups excluding carboxylic acids is 2. The third-order valence-corrected chi connectivity index (χ3v) is 5.15. The second-order valence-electron chi connectivity index (χ2n) is 7.02. The van der Waals surface area contributed by atoms with Crippen molar-refractivity contribution in [2.75, 3.05) is 25.7 Å². The normalized spacial score (nSPS) is 16.2. The molecule has 1 fully saturated rings. The molecule has 30 heavy (non-hydrogen) atoms. The Kier molecular flexibility index (Phi) is 4.98. The molecule has 0 saturated carbocycles. The maximum Gasteiger partial charge on any atom is 0.332 e. The van der Waals surface area contributed by atoms with E-state index in [0.717, 1.165) is 21.9 Å². The molecule has 0 bridgehead atoms. The minimum atomic E-state index is -0.428. The molecule has 0 atom stereocenters. The van der Waals surface area contributed by atoms with Crippen LogP contribution in [0, 0.1) is 0 Å². The van der Waals surface area contributed by atoms with Gasteiger partial charge < -0.3 is 14.4 Å². The highest BCUT2D eigenvalue weighted by atomic mass is 16.5. The minimum Gasteiger partial charge on any atom is -0.493 e. The highest BCUT2D eigenvalue weighted by Gasteiger charge is 2.38. The molecule has 0 N–H and O–H groups in total. The predicted molar refractivity (Wildman–Crippen MR) is 109 cm³/mol. The number of ether oxygens (including phenoxy) is 2. The van der Waals surface area contributed by atoms with Gasteiger partial charge in [-0.3, -0.25) is 19.5 Å². The third kappa shape index (κ3) is 3.30. The maximum absolute atomic E-state index is 12.9. The van der Waals surface area contributed by atoms with Gasteiger partial charge in [0.1, 0.15) is 12.2 Å². The monoisotopic (exact) mass is 410 g/mol. The summed E-state index contributed by atoms with van der Waals surface area (Å²) < 4.78 is 12.3. The fraction of sp³-hybridized carbons (Fsp3) is 0.350. The van der Waals surface area contributed by atoms with Crippen molar-refractivity contribution in [3.8, 4) is 11.5 Å². The molecule has 0 aliphatic carbocycles. The van der Waals surface area contributed by atoms with E-state index in [4.69, 9.17) is 9.47 Å². The lowest BCUT2D eigenvalue weighted by atomic mass is 10.1. The quantitative estimate of drug-likeness (QED) is 0.647. The van der Waals surface area contributed by atoms with Crippen molar-refractivity contribution in [3.63, 3.8) is 0 Å². The van der Waals surface area contributed by atoms with E-state index in [0.29, 0.717) is 29.4 Å². The Labute approximate surface area is 173 Å². The van der Waals surface area contributed by atoms with Gasteiger partial charge in [0, 0.05) is 35.4 Å². The molecule has 0 spiro atoms. The van der Waals surface area contributed by atoms with Crippen LogP contribution in [0.2, 0.25) is 0 Å². The van der Waals surface area contributed by atoms with Gasteiger partial charge >= 0.3 is 6.03 Å². The molecule has 0 radical (unpaired) electrons. The Morgan fingerprint density at radius 1 is 1.13 bits per heavy atom. The molecular formula is C20H22N6O4. The summed E-state index contributed by atoms with van der Waals surface area (Å²) in [7, 11) is 3.03. The van der Waals surface area contributed by atoms with Crippen LogP contribution in [0.4, 0.5) is 10.5 Å². The van der Waals surface area contributed by atoms with E-state index in [1.165, 1.54) is 25.3 Å². The number of anilines is 1. The van der Waals surface area contributed by atoms with E-state index in [-0.39, 0.29) is 19.0 Å². The first kappa shape index (κ1) is 19.6. The number of aliphatic imine (C=N–C) groups is 1. The molecule has 4 heterocycles. The first-order valence-corrected chi connectivity index (χ1v) is 9.38. The molecular weight excluding hydrogens is 388 g/mol. The zero-order chi connectivity index (χ0) is 21.4. The molecule has 1 saturated heterocycles. The van der Waals surface area contributed by atoms with Crippen LogP contribution >= 0.6 is 0 Å². The third-order valence-electron chi connectivity index (χ3n) is 5.15. The smallest absolute Gasteiger partial charge is 0.332 e. The summed E-state index contributed by atoms with van der Waals surface area (Å²) in [5.74, 6) is 0.629. The highest BCUT2D eigenvalue weighted by Crippen LogP contribution is 2.31. The average Bonchev–Trinajstić information content (AvgIpc) is 3.30. The van der Waals surface area contributed by atoms with Gasteiger partial charge in [-0.1, -0.05) is 0 Å². The highest BCUT2D eigenvalue weighted by molar-refractivity contribution is 6.19. The Hall–Kier alpha value is -3.69. The number of hydrogen-bond donors (Lipinski definition) is 0. The summed E-state index contributed by atoms with van der Waals surface area (Å²) in [6.07, 6.45) is 4.78. The van der Waals surface area contributed by atoms with Crippen LogP contribution in [-0.2, 0) is 17.9 Å². The molecule has 0 unspecified atom stereocenters. The van der Waals surface area contributed by atoms with E-state index in [1.807, 2.05) is 13.8 Å². The van der Waals surface area contributed by atoms with Gasteiger partial charge in [-0.15, -0.1) is 0 Å². The van der Waals surface area contributed by atoms with Crippen LogP contribution in [0.3, 0.4) is 0 Å². The van der Waals surface area contributed by atoms with Gasteiger partial charge in [-0.2, -0.15) is 5.10 Å². The Morgan fingerprint density at radius 2 is 1.93 bits per heavy atom. The average molecular weight is 410 g/mol. The van der Waals surface area contributed by atoms with Crippen LogP contribution < -0.4 is 14.4 Å². The lowest BCUT2D eigenvalue weighted by molar-refractivity contribution is -0.116. The molecule has 4 rings (SSSR count). The Balaban J connectivity index is 1.51. The SMILES string of the molecule is COc1ccnc(CN2CC(=O)N(c3cnn(CC4=C(C)N=C4C)c3)C2=O)c1OC. The lowest BCUT2D eigenvalue weighted by Crippen LogP contribution is -2.32. The second-order valence-corrected chi connectivity index (χ2v) is 7.02. The van der Waals surface area contributed by atoms with Crippen LogP contribution in [0.15, 0.2) is 40.9 Å². The molecule has 156 valence electrons. The first-order valence-electron chi connectivity index (χ1n) is 9.38.